The monoisotopic (exact) mass is 313 g/mol. The standard InChI is InChI=1S/C9H14BrO3.Zn/c1-9(2,3)13-8(12)6-7(10)4-5-11;/h4-5,7H,6H2,1-3H3;. The van der Waals surface area contributed by atoms with Crippen LogP contribution in [0.1, 0.15) is 27.2 Å². The maximum atomic E-state index is 11.2. The molecule has 0 fully saturated rings. The summed E-state index contributed by atoms with van der Waals surface area (Å²) in [6.45, 7) is 5.41. The van der Waals surface area contributed by atoms with Crippen LogP contribution in [0.25, 0.3) is 0 Å². The van der Waals surface area contributed by atoms with E-state index in [4.69, 9.17) is 4.74 Å². The largest absolute Gasteiger partial charge is 0.460 e. The minimum atomic E-state index is -0.467. The normalized spacial score (nSPS) is 12.6. The number of hydrogen-bond donors (Lipinski definition) is 0. The van der Waals surface area contributed by atoms with E-state index in [1.54, 1.807) is 20.8 Å². The van der Waals surface area contributed by atoms with Gasteiger partial charge in [0.15, 0.2) is 0 Å². The fourth-order valence-corrected chi connectivity index (χ4v) is 1.08. The van der Waals surface area contributed by atoms with Crippen molar-refractivity contribution >= 4 is 28.2 Å². The molecule has 1 atom stereocenters. The van der Waals surface area contributed by atoms with Gasteiger partial charge < -0.3 is 9.53 Å². The van der Waals surface area contributed by atoms with Crippen LogP contribution in [0.5, 0.6) is 0 Å². The number of esters is 1. The summed E-state index contributed by atoms with van der Waals surface area (Å²) in [6.07, 6.45) is 2.20. The molecular formula is C9H14BrO3Zn. The van der Waals surface area contributed by atoms with Crippen molar-refractivity contribution in [1.29, 1.82) is 0 Å². The fraction of sp³-hybridized carbons (Fsp3) is 0.667. The van der Waals surface area contributed by atoms with E-state index in [0.717, 1.165) is 0 Å². The summed E-state index contributed by atoms with van der Waals surface area (Å²) in [5, 5.41) is 0. The fourth-order valence-electron chi connectivity index (χ4n) is 0.696. The third-order valence-electron chi connectivity index (χ3n) is 1.07. The Morgan fingerprint density at radius 1 is 1.50 bits per heavy atom. The number of halogens is 1. The van der Waals surface area contributed by atoms with Gasteiger partial charge in [-0.15, -0.1) is 0 Å². The summed E-state index contributed by atoms with van der Waals surface area (Å²) in [4.78, 5) is 21.0. The molecule has 0 saturated carbocycles. The molecule has 0 heterocycles. The third kappa shape index (κ3) is 10.3. The van der Waals surface area contributed by atoms with Gasteiger partial charge in [-0.2, -0.15) is 0 Å². The SMILES string of the molecule is CC(C)(C)OC(=O)CC(Br)[CH]C=O.[Zn]. The van der Waals surface area contributed by atoms with E-state index in [1.165, 1.54) is 6.42 Å². The molecule has 0 aliphatic rings. The van der Waals surface area contributed by atoms with Gasteiger partial charge in [0, 0.05) is 30.7 Å². The zero-order valence-electron chi connectivity index (χ0n) is 8.75. The third-order valence-corrected chi connectivity index (χ3v) is 1.70. The van der Waals surface area contributed by atoms with E-state index in [0.29, 0.717) is 6.29 Å². The Balaban J connectivity index is 0. The second kappa shape index (κ2) is 7.52. The molecule has 77 valence electrons. The van der Waals surface area contributed by atoms with Gasteiger partial charge in [0.25, 0.3) is 0 Å². The van der Waals surface area contributed by atoms with Gasteiger partial charge in [-0.1, -0.05) is 15.9 Å². The predicted molar refractivity (Wildman–Crippen MR) is 53.5 cm³/mol. The van der Waals surface area contributed by atoms with Crippen molar-refractivity contribution in [3.8, 4) is 0 Å². The van der Waals surface area contributed by atoms with Gasteiger partial charge in [0.05, 0.1) is 6.42 Å². The van der Waals surface area contributed by atoms with Gasteiger partial charge in [-0.05, 0) is 20.8 Å². The van der Waals surface area contributed by atoms with Gasteiger partial charge >= 0.3 is 5.97 Å². The molecule has 0 aromatic carbocycles. The quantitative estimate of drug-likeness (QED) is 0.344. The van der Waals surface area contributed by atoms with Crippen molar-refractivity contribution in [2.24, 2.45) is 0 Å². The molecule has 5 heteroatoms. The van der Waals surface area contributed by atoms with E-state index in [9.17, 15) is 9.59 Å². The zero-order valence-corrected chi connectivity index (χ0v) is 13.3. The Morgan fingerprint density at radius 3 is 2.36 bits per heavy atom. The van der Waals surface area contributed by atoms with Crippen LogP contribution in [0.15, 0.2) is 0 Å². The van der Waals surface area contributed by atoms with Crippen LogP contribution >= 0.6 is 15.9 Å². The summed E-state index contributed by atoms with van der Waals surface area (Å²) >= 11 is 3.16. The van der Waals surface area contributed by atoms with Crippen molar-refractivity contribution in [3.05, 3.63) is 6.42 Å². The van der Waals surface area contributed by atoms with E-state index in [1.807, 2.05) is 0 Å². The molecule has 0 amide bonds. The van der Waals surface area contributed by atoms with Gasteiger partial charge in [-0.3, -0.25) is 4.79 Å². The molecule has 1 radical (unpaired) electrons. The smallest absolute Gasteiger partial charge is 0.307 e. The number of alkyl halides is 1. The predicted octanol–water partition coefficient (Wildman–Crippen LogP) is 1.88. The molecule has 0 saturated heterocycles. The molecule has 0 aliphatic carbocycles. The first-order valence-electron chi connectivity index (χ1n) is 3.99. The summed E-state index contributed by atoms with van der Waals surface area (Å²) in [6, 6.07) is 0. The van der Waals surface area contributed by atoms with Crippen molar-refractivity contribution in [2.45, 2.75) is 37.6 Å². The number of rotatable bonds is 4. The molecule has 1 unspecified atom stereocenters. The van der Waals surface area contributed by atoms with Crippen LogP contribution in [-0.2, 0) is 33.8 Å². The second-order valence-corrected chi connectivity index (χ2v) is 4.81. The van der Waals surface area contributed by atoms with E-state index >= 15 is 0 Å². The number of hydrogen-bond acceptors (Lipinski definition) is 3. The summed E-state index contributed by atoms with van der Waals surface area (Å²) in [5.74, 6) is -0.313. The van der Waals surface area contributed by atoms with Crippen LogP contribution in [0, 0.1) is 6.42 Å². The van der Waals surface area contributed by atoms with E-state index in [2.05, 4.69) is 15.9 Å². The van der Waals surface area contributed by atoms with Crippen molar-refractivity contribution in [2.75, 3.05) is 0 Å². The molecule has 0 bridgehead atoms. The van der Waals surface area contributed by atoms with Crippen molar-refractivity contribution in [1.82, 2.24) is 0 Å². The number of carbonyl (C=O) groups is 2. The first kappa shape index (κ1) is 16.7. The molecule has 3 nitrogen and oxygen atoms in total. The Hall–Kier alpha value is 0.243. The van der Waals surface area contributed by atoms with E-state index < -0.39 is 5.60 Å². The molecule has 0 aromatic rings. The second-order valence-electron chi connectivity index (χ2n) is 3.64. The van der Waals surface area contributed by atoms with Gasteiger partial charge in [0.2, 0.25) is 0 Å². The molecule has 0 rings (SSSR count). The van der Waals surface area contributed by atoms with Crippen LogP contribution in [0.2, 0.25) is 0 Å². The van der Waals surface area contributed by atoms with Crippen LogP contribution < -0.4 is 0 Å². The van der Waals surface area contributed by atoms with Gasteiger partial charge in [-0.25, -0.2) is 0 Å². The average Bonchev–Trinajstić information content (AvgIpc) is 1.81. The Labute approximate surface area is 106 Å². The summed E-state index contributed by atoms with van der Waals surface area (Å²) in [7, 11) is 0. The first-order valence-corrected chi connectivity index (χ1v) is 4.91. The van der Waals surface area contributed by atoms with Crippen LogP contribution in [0.4, 0.5) is 0 Å². The minimum Gasteiger partial charge on any atom is -0.460 e. The first-order chi connectivity index (χ1) is 5.85. The maximum absolute atomic E-state index is 11.2. The Kier molecular flexibility index (Phi) is 8.96. The Bertz CT molecular complexity index is 189. The summed E-state index contributed by atoms with van der Waals surface area (Å²) in [5.41, 5.74) is -0.467. The molecular weight excluding hydrogens is 301 g/mol. The van der Waals surface area contributed by atoms with Crippen LogP contribution in [0.3, 0.4) is 0 Å². The maximum Gasteiger partial charge on any atom is 0.307 e. The van der Waals surface area contributed by atoms with Gasteiger partial charge in [0.1, 0.15) is 11.9 Å². The molecule has 14 heavy (non-hydrogen) atoms. The molecule has 0 N–H and O–H groups in total. The zero-order chi connectivity index (χ0) is 10.5. The summed E-state index contributed by atoms with van der Waals surface area (Å²) < 4.78 is 5.05. The average molecular weight is 316 g/mol. The number of carbonyl (C=O) groups excluding carboxylic acids is 2. The molecule has 0 aromatic heterocycles. The van der Waals surface area contributed by atoms with Crippen LogP contribution in [-0.4, -0.2) is 22.7 Å². The molecule has 0 aliphatic heterocycles. The number of aldehydes is 1. The van der Waals surface area contributed by atoms with Crippen molar-refractivity contribution in [3.63, 3.8) is 0 Å². The topological polar surface area (TPSA) is 43.4 Å². The molecule has 0 spiro atoms. The number of ether oxygens (including phenoxy) is 1. The van der Waals surface area contributed by atoms with Crippen molar-refractivity contribution < 1.29 is 33.8 Å². The van der Waals surface area contributed by atoms with E-state index in [-0.39, 0.29) is 36.7 Å². The minimum absolute atomic E-state index is 0. The Morgan fingerprint density at radius 2 is 2.00 bits per heavy atom.